The second kappa shape index (κ2) is 9.72. The van der Waals surface area contributed by atoms with Crippen molar-refractivity contribution >= 4 is 48.7 Å². The lowest BCUT2D eigenvalue weighted by atomic mass is 10.0. The lowest BCUT2D eigenvalue weighted by molar-refractivity contribution is 0.281. The van der Waals surface area contributed by atoms with Crippen LogP contribution in [0.1, 0.15) is 57.1 Å². The van der Waals surface area contributed by atoms with Crippen molar-refractivity contribution in [3.63, 3.8) is 0 Å². The molecule has 2 aliphatic rings. The van der Waals surface area contributed by atoms with E-state index >= 15 is 0 Å². The Morgan fingerprint density at radius 1 is 1.09 bits per heavy atom. The van der Waals surface area contributed by atoms with Crippen molar-refractivity contribution in [2.45, 2.75) is 67.3 Å². The van der Waals surface area contributed by atoms with Crippen LogP contribution in [0.3, 0.4) is 0 Å². The molecule has 1 saturated carbocycles. The molecule has 0 bridgehead atoms. The number of sulfonamides is 1. The van der Waals surface area contributed by atoms with E-state index in [1.54, 1.807) is 28.2 Å². The zero-order valence-corrected chi connectivity index (χ0v) is 22.1. The molecule has 3 aromatic rings. The third-order valence-corrected chi connectivity index (χ3v) is 10.2. The molecule has 1 aliphatic heterocycles. The maximum absolute atomic E-state index is 13.3. The molecule has 2 fully saturated rings. The number of fused-ring (bicyclic) bond motifs is 1. The molecule has 176 valence electrons. The topological polar surface area (TPSA) is 55.2 Å². The normalized spacial score (nSPS) is 20.6. The fourth-order valence-corrected chi connectivity index (χ4v) is 8.21. The molecule has 1 saturated heterocycles. The van der Waals surface area contributed by atoms with Gasteiger partial charge in [0.15, 0.2) is 5.16 Å². The monoisotopic (exact) mass is 547 g/mol. The maximum atomic E-state index is 13.3. The number of piperidine rings is 1. The maximum Gasteiger partial charge on any atom is 0.243 e. The highest BCUT2D eigenvalue weighted by atomic mass is 79.9. The largest absolute Gasteiger partial charge is 0.316 e. The molecular formula is C25H30BrN3O2S2. The number of thioether (sulfide) groups is 1. The zero-order valence-electron chi connectivity index (χ0n) is 18.9. The molecule has 2 heterocycles. The standard InChI is InChI=1S/C25H30BrN3O2S2/c1-18-6-5-13-28(16-18)33(30,31)22-11-12-24-23(15-22)27-25(29(24)21-9-2-3-10-21)32-17-19-7-4-8-20(26)14-19/h4,7-8,11-12,14-15,18,21H,2-3,5-6,9-10,13,16-17H2,1H3/t18-/m1/s1. The minimum atomic E-state index is -3.50. The van der Waals surface area contributed by atoms with Crippen LogP contribution < -0.4 is 0 Å². The van der Waals surface area contributed by atoms with Gasteiger partial charge in [-0.3, -0.25) is 0 Å². The number of hydrogen-bond acceptors (Lipinski definition) is 4. The highest BCUT2D eigenvalue weighted by Crippen LogP contribution is 2.38. The van der Waals surface area contributed by atoms with Crippen molar-refractivity contribution in [2.75, 3.05) is 13.1 Å². The molecule has 0 amide bonds. The van der Waals surface area contributed by atoms with E-state index in [-0.39, 0.29) is 0 Å². The second-order valence-electron chi connectivity index (χ2n) is 9.38. The van der Waals surface area contributed by atoms with Crippen molar-refractivity contribution < 1.29 is 8.42 Å². The van der Waals surface area contributed by atoms with E-state index in [0.29, 0.717) is 29.9 Å². The number of imidazole rings is 1. The average Bonchev–Trinajstić information content (AvgIpc) is 3.44. The summed E-state index contributed by atoms with van der Waals surface area (Å²) < 4.78 is 31.8. The van der Waals surface area contributed by atoms with Crippen molar-refractivity contribution in [2.24, 2.45) is 5.92 Å². The van der Waals surface area contributed by atoms with Gasteiger partial charge in [0, 0.05) is 29.4 Å². The van der Waals surface area contributed by atoms with Gasteiger partial charge in [0.2, 0.25) is 10.0 Å². The van der Waals surface area contributed by atoms with Gasteiger partial charge < -0.3 is 4.57 Å². The first-order valence-corrected chi connectivity index (χ1v) is 15.0. The minimum Gasteiger partial charge on any atom is -0.316 e. The van der Waals surface area contributed by atoms with Gasteiger partial charge in [-0.2, -0.15) is 4.31 Å². The summed E-state index contributed by atoms with van der Waals surface area (Å²) in [5.41, 5.74) is 3.07. The first-order chi connectivity index (χ1) is 15.9. The van der Waals surface area contributed by atoms with Crippen LogP contribution in [0.4, 0.5) is 0 Å². The van der Waals surface area contributed by atoms with Crippen molar-refractivity contribution in [3.8, 4) is 0 Å². The van der Waals surface area contributed by atoms with Crippen molar-refractivity contribution in [1.82, 2.24) is 13.9 Å². The van der Waals surface area contributed by atoms with Gasteiger partial charge in [0.25, 0.3) is 0 Å². The van der Waals surface area contributed by atoms with Crippen LogP contribution in [-0.2, 0) is 15.8 Å². The average molecular weight is 549 g/mol. The second-order valence-corrected chi connectivity index (χ2v) is 13.2. The third kappa shape index (κ3) is 4.90. The van der Waals surface area contributed by atoms with Gasteiger partial charge in [-0.25, -0.2) is 13.4 Å². The number of rotatable bonds is 6. The number of benzene rings is 2. The van der Waals surface area contributed by atoms with Gasteiger partial charge in [-0.1, -0.05) is 59.6 Å². The Hall–Kier alpha value is -1.35. The summed E-state index contributed by atoms with van der Waals surface area (Å²) in [6, 6.07) is 14.3. The molecule has 0 radical (unpaired) electrons. The van der Waals surface area contributed by atoms with E-state index in [1.807, 2.05) is 12.1 Å². The van der Waals surface area contributed by atoms with Gasteiger partial charge in [0.1, 0.15) is 0 Å². The van der Waals surface area contributed by atoms with E-state index in [9.17, 15) is 8.42 Å². The van der Waals surface area contributed by atoms with Gasteiger partial charge >= 0.3 is 0 Å². The number of halogens is 1. The lowest BCUT2D eigenvalue weighted by Gasteiger charge is -2.30. The highest BCUT2D eigenvalue weighted by Gasteiger charge is 2.30. The zero-order chi connectivity index (χ0) is 23.0. The van der Waals surface area contributed by atoms with Crippen LogP contribution in [0, 0.1) is 5.92 Å². The summed E-state index contributed by atoms with van der Waals surface area (Å²) in [5, 5.41) is 0.984. The first-order valence-electron chi connectivity index (χ1n) is 11.8. The Kier molecular flexibility index (Phi) is 6.89. The van der Waals surface area contributed by atoms with Crippen LogP contribution in [0.25, 0.3) is 11.0 Å². The van der Waals surface area contributed by atoms with E-state index in [1.165, 1.54) is 18.4 Å². The molecule has 0 N–H and O–H groups in total. The molecule has 5 rings (SSSR count). The SMILES string of the molecule is C[C@@H]1CCCN(S(=O)(=O)c2ccc3c(c2)nc(SCc2cccc(Br)c2)n3C2CCCC2)C1. The highest BCUT2D eigenvalue weighted by molar-refractivity contribution is 9.10. The molecule has 1 atom stereocenters. The smallest absolute Gasteiger partial charge is 0.243 e. The van der Waals surface area contributed by atoms with Crippen LogP contribution in [0.2, 0.25) is 0 Å². The van der Waals surface area contributed by atoms with Crippen LogP contribution >= 0.6 is 27.7 Å². The predicted molar refractivity (Wildman–Crippen MR) is 138 cm³/mol. The number of aromatic nitrogens is 2. The van der Waals surface area contributed by atoms with Gasteiger partial charge in [-0.05, 0) is 67.5 Å². The fraction of sp³-hybridized carbons (Fsp3) is 0.480. The molecule has 1 aliphatic carbocycles. The van der Waals surface area contributed by atoms with Crippen LogP contribution in [-0.4, -0.2) is 35.4 Å². The molecular weight excluding hydrogens is 518 g/mol. The fourth-order valence-electron chi connectivity index (χ4n) is 5.12. The predicted octanol–water partition coefficient (Wildman–Crippen LogP) is 6.63. The molecule has 2 aromatic carbocycles. The molecule has 8 heteroatoms. The first kappa shape index (κ1) is 23.4. The molecule has 5 nitrogen and oxygen atoms in total. The third-order valence-electron chi connectivity index (χ3n) is 6.83. The Morgan fingerprint density at radius 3 is 2.67 bits per heavy atom. The lowest BCUT2D eigenvalue weighted by Crippen LogP contribution is -2.39. The Labute approximate surface area is 209 Å². The molecule has 33 heavy (non-hydrogen) atoms. The summed E-state index contributed by atoms with van der Waals surface area (Å²) in [4.78, 5) is 5.32. The molecule has 1 aromatic heterocycles. The Morgan fingerprint density at radius 2 is 1.91 bits per heavy atom. The summed E-state index contributed by atoms with van der Waals surface area (Å²) in [6.07, 6.45) is 6.80. The Balaban J connectivity index is 1.49. The summed E-state index contributed by atoms with van der Waals surface area (Å²) in [6.45, 7) is 3.34. The molecule has 0 spiro atoms. The van der Waals surface area contributed by atoms with Gasteiger partial charge in [-0.15, -0.1) is 0 Å². The van der Waals surface area contributed by atoms with E-state index < -0.39 is 10.0 Å². The number of hydrogen-bond donors (Lipinski definition) is 0. The van der Waals surface area contributed by atoms with Crippen LogP contribution in [0.15, 0.2) is 57.0 Å². The number of nitrogens with zero attached hydrogens (tertiary/aromatic N) is 3. The summed E-state index contributed by atoms with van der Waals surface area (Å²) in [5.74, 6) is 1.23. The van der Waals surface area contributed by atoms with Crippen molar-refractivity contribution in [3.05, 3.63) is 52.5 Å². The van der Waals surface area contributed by atoms with E-state index in [4.69, 9.17) is 4.98 Å². The molecule has 0 unspecified atom stereocenters. The minimum absolute atomic E-state index is 0.365. The quantitative estimate of drug-likeness (QED) is 0.325. The van der Waals surface area contributed by atoms with E-state index in [0.717, 1.165) is 52.1 Å². The Bertz CT molecular complexity index is 1250. The van der Waals surface area contributed by atoms with Gasteiger partial charge in [0.05, 0.1) is 15.9 Å². The summed E-state index contributed by atoms with van der Waals surface area (Å²) in [7, 11) is -3.50. The van der Waals surface area contributed by atoms with E-state index in [2.05, 4.69) is 45.6 Å². The van der Waals surface area contributed by atoms with Crippen molar-refractivity contribution in [1.29, 1.82) is 0 Å². The summed E-state index contributed by atoms with van der Waals surface area (Å²) >= 11 is 5.29. The van der Waals surface area contributed by atoms with Crippen LogP contribution in [0.5, 0.6) is 0 Å².